The zero-order valence-corrected chi connectivity index (χ0v) is 11.4. The van der Waals surface area contributed by atoms with Gasteiger partial charge in [0, 0.05) is 12.6 Å². The minimum absolute atomic E-state index is 0.00909. The van der Waals surface area contributed by atoms with Crippen molar-refractivity contribution in [2.45, 2.75) is 20.2 Å². The Labute approximate surface area is 115 Å². The largest absolute Gasteiger partial charge is 0.522 e. The average Bonchev–Trinajstić information content (AvgIpc) is 2.37. The molecule has 114 valence electrons. The van der Waals surface area contributed by atoms with E-state index in [1.807, 2.05) is 13.8 Å². The van der Waals surface area contributed by atoms with E-state index in [1.165, 1.54) is 0 Å². The smallest absolute Gasteiger partial charge is 0.494 e. The zero-order valence-electron chi connectivity index (χ0n) is 11.4. The molecule has 0 aliphatic heterocycles. The SMILES string of the molecule is CCOc1ccc(OCC)c(NCCOC(F)(F)F)c1. The molecule has 0 amide bonds. The maximum Gasteiger partial charge on any atom is 0.522 e. The second-order valence-corrected chi connectivity index (χ2v) is 3.74. The van der Waals surface area contributed by atoms with Crippen LogP contribution in [0.3, 0.4) is 0 Å². The Hall–Kier alpha value is -1.63. The topological polar surface area (TPSA) is 39.7 Å². The molecule has 0 bridgehead atoms. The fourth-order valence-electron chi connectivity index (χ4n) is 1.54. The lowest BCUT2D eigenvalue weighted by Gasteiger charge is -2.14. The molecule has 4 nitrogen and oxygen atoms in total. The normalized spacial score (nSPS) is 11.2. The number of hydrogen-bond donors (Lipinski definition) is 1. The van der Waals surface area contributed by atoms with Crippen molar-refractivity contribution in [3.8, 4) is 11.5 Å². The van der Waals surface area contributed by atoms with Crippen molar-refractivity contribution in [2.24, 2.45) is 0 Å². The van der Waals surface area contributed by atoms with E-state index >= 15 is 0 Å². The monoisotopic (exact) mass is 293 g/mol. The lowest BCUT2D eigenvalue weighted by molar-refractivity contribution is -0.322. The van der Waals surface area contributed by atoms with Crippen LogP contribution in [0.5, 0.6) is 11.5 Å². The van der Waals surface area contributed by atoms with Gasteiger partial charge in [-0.1, -0.05) is 0 Å². The summed E-state index contributed by atoms with van der Waals surface area (Å²) in [6.45, 7) is 4.17. The summed E-state index contributed by atoms with van der Waals surface area (Å²) >= 11 is 0. The number of rotatable bonds is 8. The first-order valence-corrected chi connectivity index (χ1v) is 6.30. The summed E-state index contributed by atoms with van der Waals surface area (Å²) in [5.74, 6) is 1.18. The number of ether oxygens (including phenoxy) is 3. The Morgan fingerprint density at radius 2 is 1.80 bits per heavy atom. The van der Waals surface area contributed by atoms with Crippen molar-refractivity contribution in [1.82, 2.24) is 0 Å². The van der Waals surface area contributed by atoms with Crippen LogP contribution in [-0.4, -0.2) is 32.7 Å². The summed E-state index contributed by atoms with van der Waals surface area (Å²) in [5, 5.41) is 2.84. The van der Waals surface area contributed by atoms with Crippen molar-refractivity contribution in [3.05, 3.63) is 18.2 Å². The molecule has 0 unspecified atom stereocenters. The Kier molecular flexibility index (Phi) is 6.44. The molecule has 0 radical (unpaired) electrons. The van der Waals surface area contributed by atoms with Gasteiger partial charge in [0.25, 0.3) is 0 Å². The molecule has 0 heterocycles. The van der Waals surface area contributed by atoms with Gasteiger partial charge in [0.2, 0.25) is 0 Å². The second kappa shape index (κ2) is 7.84. The highest BCUT2D eigenvalue weighted by molar-refractivity contribution is 5.59. The molecule has 0 aliphatic carbocycles. The van der Waals surface area contributed by atoms with Crippen LogP contribution in [0.4, 0.5) is 18.9 Å². The van der Waals surface area contributed by atoms with Crippen LogP contribution in [-0.2, 0) is 4.74 Å². The summed E-state index contributed by atoms with van der Waals surface area (Å²) < 4.78 is 50.0. The van der Waals surface area contributed by atoms with Gasteiger partial charge in [0.05, 0.1) is 25.5 Å². The first-order chi connectivity index (χ1) is 9.46. The van der Waals surface area contributed by atoms with E-state index in [-0.39, 0.29) is 6.54 Å². The third-order valence-electron chi connectivity index (χ3n) is 2.25. The van der Waals surface area contributed by atoms with E-state index < -0.39 is 13.0 Å². The Balaban J connectivity index is 2.62. The van der Waals surface area contributed by atoms with Crippen LogP contribution in [0.1, 0.15) is 13.8 Å². The molecule has 1 N–H and O–H groups in total. The molecular formula is C13H18F3NO3. The van der Waals surface area contributed by atoms with Crippen LogP contribution in [0.2, 0.25) is 0 Å². The van der Waals surface area contributed by atoms with E-state index in [4.69, 9.17) is 9.47 Å². The van der Waals surface area contributed by atoms with E-state index in [0.717, 1.165) is 0 Å². The molecule has 0 aliphatic rings. The van der Waals surface area contributed by atoms with Gasteiger partial charge >= 0.3 is 6.36 Å². The molecule has 0 saturated heterocycles. The minimum atomic E-state index is -4.61. The van der Waals surface area contributed by atoms with Crippen molar-refractivity contribution < 1.29 is 27.4 Å². The van der Waals surface area contributed by atoms with Gasteiger partial charge in [0.15, 0.2) is 0 Å². The maximum absolute atomic E-state index is 11.9. The second-order valence-electron chi connectivity index (χ2n) is 3.74. The molecule has 1 rings (SSSR count). The summed E-state index contributed by atoms with van der Waals surface area (Å²) in [6, 6.07) is 5.13. The van der Waals surface area contributed by atoms with Gasteiger partial charge in [-0.25, -0.2) is 0 Å². The molecule has 7 heteroatoms. The molecule has 0 saturated carbocycles. The number of anilines is 1. The highest BCUT2D eigenvalue weighted by atomic mass is 19.4. The van der Waals surface area contributed by atoms with E-state index in [0.29, 0.717) is 30.4 Å². The molecule has 0 aromatic heterocycles. The van der Waals surface area contributed by atoms with Crippen LogP contribution in [0.25, 0.3) is 0 Å². The number of nitrogens with one attached hydrogen (secondary N) is 1. The number of hydrogen-bond acceptors (Lipinski definition) is 4. The van der Waals surface area contributed by atoms with E-state index in [2.05, 4.69) is 10.1 Å². The Morgan fingerprint density at radius 3 is 2.40 bits per heavy atom. The molecular weight excluding hydrogens is 275 g/mol. The quantitative estimate of drug-likeness (QED) is 0.745. The molecule has 0 atom stereocenters. The zero-order chi connectivity index (χ0) is 15.0. The summed E-state index contributed by atoms with van der Waals surface area (Å²) in [7, 11) is 0. The summed E-state index contributed by atoms with van der Waals surface area (Å²) in [4.78, 5) is 0. The van der Waals surface area contributed by atoms with E-state index in [9.17, 15) is 13.2 Å². The van der Waals surface area contributed by atoms with Gasteiger partial charge in [0.1, 0.15) is 11.5 Å². The first kappa shape index (κ1) is 16.4. The maximum atomic E-state index is 11.9. The van der Waals surface area contributed by atoms with Gasteiger partial charge in [-0.05, 0) is 26.0 Å². The standard InChI is InChI=1S/C13H18F3NO3/c1-3-18-10-5-6-12(19-4-2)11(9-10)17-7-8-20-13(14,15)16/h5-6,9,17H,3-4,7-8H2,1-2H3. The molecule has 0 fully saturated rings. The molecule has 1 aromatic rings. The third-order valence-corrected chi connectivity index (χ3v) is 2.25. The van der Waals surface area contributed by atoms with E-state index in [1.54, 1.807) is 18.2 Å². The average molecular weight is 293 g/mol. The van der Waals surface area contributed by atoms with Crippen molar-refractivity contribution in [2.75, 3.05) is 31.7 Å². The Morgan fingerprint density at radius 1 is 1.10 bits per heavy atom. The lowest BCUT2D eigenvalue weighted by Crippen LogP contribution is -2.19. The van der Waals surface area contributed by atoms with Crippen LogP contribution < -0.4 is 14.8 Å². The van der Waals surface area contributed by atoms with Gasteiger partial charge in [-0.3, -0.25) is 4.74 Å². The molecule has 0 spiro atoms. The molecule has 20 heavy (non-hydrogen) atoms. The summed E-state index contributed by atoms with van der Waals surface area (Å²) in [6.07, 6.45) is -4.61. The lowest BCUT2D eigenvalue weighted by atomic mass is 10.2. The van der Waals surface area contributed by atoms with Crippen molar-refractivity contribution in [3.63, 3.8) is 0 Å². The Bertz CT molecular complexity index is 410. The molecule has 1 aromatic carbocycles. The fraction of sp³-hybridized carbons (Fsp3) is 0.538. The number of benzene rings is 1. The first-order valence-electron chi connectivity index (χ1n) is 6.30. The fourth-order valence-corrected chi connectivity index (χ4v) is 1.54. The van der Waals surface area contributed by atoms with Gasteiger partial charge < -0.3 is 14.8 Å². The van der Waals surface area contributed by atoms with Crippen molar-refractivity contribution >= 4 is 5.69 Å². The third kappa shape index (κ3) is 6.01. The van der Waals surface area contributed by atoms with Crippen LogP contribution >= 0.6 is 0 Å². The van der Waals surface area contributed by atoms with Crippen LogP contribution in [0.15, 0.2) is 18.2 Å². The highest BCUT2D eigenvalue weighted by Gasteiger charge is 2.28. The number of halogens is 3. The van der Waals surface area contributed by atoms with Gasteiger partial charge in [-0.2, -0.15) is 0 Å². The summed E-state index contributed by atoms with van der Waals surface area (Å²) in [5.41, 5.74) is 0.573. The van der Waals surface area contributed by atoms with Crippen molar-refractivity contribution in [1.29, 1.82) is 0 Å². The predicted octanol–water partition coefficient (Wildman–Crippen LogP) is 3.43. The minimum Gasteiger partial charge on any atom is -0.494 e. The number of alkyl halides is 3. The highest BCUT2D eigenvalue weighted by Crippen LogP contribution is 2.29. The predicted molar refractivity (Wildman–Crippen MR) is 69.3 cm³/mol. The van der Waals surface area contributed by atoms with Gasteiger partial charge in [-0.15, -0.1) is 13.2 Å². The van der Waals surface area contributed by atoms with Crippen LogP contribution in [0, 0.1) is 0 Å².